The highest BCUT2D eigenvalue weighted by Gasteiger charge is 2.17. The first-order valence-corrected chi connectivity index (χ1v) is 9.29. The van der Waals surface area contributed by atoms with Gasteiger partial charge in [0.1, 0.15) is 0 Å². The number of likely N-dealkylation sites (tertiary alicyclic amines) is 1. The van der Waals surface area contributed by atoms with Gasteiger partial charge in [0.25, 0.3) is 0 Å². The van der Waals surface area contributed by atoms with Crippen molar-refractivity contribution >= 4 is 5.91 Å². The third-order valence-corrected chi connectivity index (χ3v) is 4.80. The molecule has 1 aliphatic rings. The number of rotatable bonds is 7. The fraction of sp³-hybridized carbons (Fsp3) is 0.429. The molecule has 1 amide bonds. The van der Waals surface area contributed by atoms with Crippen LogP contribution in [0.3, 0.4) is 0 Å². The SMILES string of the molecule is O=C(CCCN1CCCCC1)N[C@@H](c1ccccc1)c1ccncc1. The van der Waals surface area contributed by atoms with Crippen LogP contribution in [0.1, 0.15) is 49.3 Å². The minimum Gasteiger partial charge on any atom is -0.345 e. The lowest BCUT2D eigenvalue weighted by Crippen LogP contribution is -2.33. The Balaban J connectivity index is 1.57. The number of pyridine rings is 1. The largest absolute Gasteiger partial charge is 0.345 e. The van der Waals surface area contributed by atoms with Gasteiger partial charge in [0.2, 0.25) is 5.91 Å². The van der Waals surface area contributed by atoms with Crippen LogP contribution < -0.4 is 5.32 Å². The molecule has 1 N–H and O–H groups in total. The second-order valence-electron chi connectivity index (χ2n) is 6.70. The van der Waals surface area contributed by atoms with E-state index in [1.807, 2.05) is 30.3 Å². The molecule has 1 atom stereocenters. The number of amides is 1. The maximum Gasteiger partial charge on any atom is 0.220 e. The van der Waals surface area contributed by atoms with Crippen LogP contribution in [0.4, 0.5) is 0 Å². The first-order chi connectivity index (χ1) is 12.3. The van der Waals surface area contributed by atoms with Gasteiger partial charge in [-0.3, -0.25) is 9.78 Å². The molecule has 3 rings (SSSR count). The minimum atomic E-state index is -0.119. The van der Waals surface area contributed by atoms with Gasteiger partial charge in [-0.15, -0.1) is 0 Å². The van der Waals surface area contributed by atoms with E-state index in [1.165, 1.54) is 32.4 Å². The topological polar surface area (TPSA) is 45.2 Å². The smallest absolute Gasteiger partial charge is 0.220 e. The van der Waals surface area contributed by atoms with Crippen molar-refractivity contribution in [3.63, 3.8) is 0 Å². The van der Waals surface area contributed by atoms with E-state index in [0.29, 0.717) is 6.42 Å². The van der Waals surface area contributed by atoms with Crippen LogP contribution in [0.25, 0.3) is 0 Å². The summed E-state index contributed by atoms with van der Waals surface area (Å²) in [5.74, 6) is 0.114. The second kappa shape index (κ2) is 9.33. The van der Waals surface area contributed by atoms with Crippen LogP contribution in [0.5, 0.6) is 0 Å². The summed E-state index contributed by atoms with van der Waals surface area (Å²) in [6.07, 6.45) is 8.98. The molecule has 0 saturated carbocycles. The fourth-order valence-electron chi connectivity index (χ4n) is 3.44. The van der Waals surface area contributed by atoms with Crippen molar-refractivity contribution in [2.45, 2.75) is 38.1 Å². The van der Waals surface area contributed by atoms with Crippen molar-refractivity contribution in [2.75, 3.05) is 19.6 Å². The van der Waals surface area contributed by atoms with E-state index < -0.39 is 0 Å². The van der Waals surface area contributed by atoms with E-state index in [-0.39, 0.29) is 11.9 Å². The second-order valence-corrected chi connectivity index (χ2v) is 6.70. The Hall–Kier alpha value is -2.20. The third-order valence-electron chi connectivity index (χ3n) is 4.80. The van der Waals surface area contributed by atoms with Gasteiger partial charge >= 0.3 is 0 Å². The highest BCUT2D eigenvalue weighted by molar-refractivity contribution is 5.77. The van der Waals surface area contributed by atoms with Gasteiger partial charge in [-0.25, -0.2) is 0 Å². The van der Waals surface area contributed by atoms with Crippen LogP contribution in [0.2, 0.25) is 0 Å². The number of carbonyl (C=O) groups is 1. The van der Waals surface area contributed by atoms with E-state index in [9.17, 15) is 4.79 Å². The Bertz CT molecular complexity index is 599. The van der Waals surface area contributed by atoms with Crippen molar-refractivity contribution in [1.29, 1.82) is 0 Å². The Morgan fingerprint density at radius 1 is 1.00 bits per heavy atom. The zero-order chi connectivity index (χ0) is 17.3. The molecule has 1 saturated heterocycles. The van der Waals surface area contributed by atoms with E-state index in [4.69, 9.17) is 0 Å². The molecule has 0 aliphatic carbocycles. The molecule has 2 heterocycles. The van der Waals surface area contributed by atoms with Crippen molar-refractivity contribution < 1.29 is 4.79 Å². The molecule has 0 spiro atoms. The maximum absolute atomic E-state index is 12.5. The molecule has 25 heavy (non-hydrogen) atoms. The Morgan fingerprint density at radius 2 is 1.68 bits per heavy atom. The summed E-state index contributed by atoms with van der Waals surface area (Å²) in [7, 11) is 0. The molecule has 4 nitrogen and oxygen atoms in total. The summed E-state index contributed by atoms with van der Waals surface area (Å²) in [5.41, 5.74) is 2.16. The number of benzene rings is 1. The van der Waals surface area contributed by atoms with Crippen molar-refractivity contribution in [1.82, 2.24) is 15.2 Å². The van der Waals surface area contributed by atoms with Gasteiger partial charge in [0.15, 0.2) is 0 Å². The van der Waals surface area contributed by atoms with Gasteiger partial charge in [-0.05, 0) is 62.2 Å². The lowest BCUT2D eigenvalue weighted by molar-refractivity contribution is -0.121. The zero-order valence-corrected chi connectivity index (χ0v) is 14.7. The molecule has 1 aliphatic heterocycles. The number of nitrogens with zero attached hydrogens (tertiary/aromatic N) is 2. The summed E-state index contributed by atoms with van der Waals surface area (Å²) in [5, 5.41) is 3.20. The molecule has 4 heteroatoms. The maximum atomic E-state index is 12.5. The Kier molecular flexibility index (Phi) is 6.57. The fourth-order valence-corrected chi connectivity index (χ4v) is 3.44. The van der Waals surface area contributed by atoms with Crippen LogP contribution in [0, 0.1) is 0 Å². The Morgan fingerprint density at radius 3 is 2.40 bits per heavy atom. The first kappa shape index (κ1) is 17.6. The first-order valence-electron chi connectivity index (χ1n) is 9.29. The lowest BCUT2D eigenvalue weighted by atomic mass is 9.99. The Labute approximate surface area is 150 Å². The number of aromatic nitrogens is 1. The highest BCUT2D eigenvalue weighted by Crippen LogP contribution is 2.21. The van der Waals surface area contributed by atoms with Crippen LogP contribution in [0.15, 0.2) is 54.9 Å². The molecule has 0 unspecified atom stereocenters. The summed E-state index contributed by atoms with van der Waals surface area (Å²) >= 11 is 0. The minimum absolute atomic E-state index is 0.114. The number of nitrogens with one attached hydrogen (secondary N) is 1. The normalized spacial score (nSPS) is 16.3. The molecule has 0 bridgehead atoms. The number of piperidine rings is 1. The van der Waals surface area contributed by atoms with E-state index in [0.717, 1.165) is 24.1 Å². The molecule has 2 aromatic rings. The van der Waals surface area contributed by atoms with Crippen LogP contribution in [-0.2, 0) is 4.79 Å². The summed E-state index contributed by atoms with van der Waals surface area (Å²) in [4.78, 5) is 19.1. The molecule has 1 aromatic heterocycles. The summed E-state index contributed by atoms with van der Waals surface area (Å²) < 4.78 is 0. The standard InChI is InChI=1S/C21H27N3O/c25-20(10-7-17-24-15-5-2-6-16-24)23-21(18-8-3-1-4-9-18)19-11-13-22-14-12-19/h1,3-4,8-9,11-14,21H,2,5-7,10,15-17H2,(H,23,25)/t21-/m0/s1. The van der Waals surface area contributed by atoms with E-state index >= 15 is 0 Å². The molecule has 0 radical (unpaired) electrons. The van der Waals surface area contributed by atoms with Crippen molar-refractivity contribution in [3.8, 4) is 0 Å². The molecule has 132 valence electrons. The predicted molar refractivity (Wildman–Crippen MR) is 100 cm³/mol. The van der Waals surface area contributed by atoms with Gasteiger partial charge < -0.3 is 10.2 Å². The van der Waals surface area contributed by atoms with Crippen LogP contribution in [-0.4, -0.2) is 35.4 Å². The van der Waals surface area contributed by atoms with Crippen molar-refractivity contribution in [3.05, 3.63) is 66.0 Å². The van der Waals surface area contributed by atoms with Crippen LogP contribution >= 0.6 is 0 Å². The molecule has 1 aromatic carbocycles. The zero-order valence-electron chi connectivity index (χ0n) is 14.7. The molecule has 1 fully saturated rings. The van der Waals surface area contributed by atoms with Gasteiger partial charge in [-0.1, -0.05) is 36.8 Å². The quantitative estimate of drug-likeness (QED) is 0.840. The highest BCUT2D eigenvalue weighted by atomic mass is 16.1. The van der Waals surface area contributed by atoms with Crippen molar-refractivity contribution in [2.24, 2.45) is 0 Å². The van der Waals surface area contributed by atoms with E-state index in [1.54, 1.807) is 12.4 Å². The van der Waals surface area contributed by atoms with Gasteiger partial charge in [-0.2, -0.15) is 0 Å². The molecular weight excluding hydrogens is 310 g/mol. The number of hydrogen-bond donors (Lipinski definition) is 1. The lowest BCUT2D eigenvalue weighted by Gasteiger charge is -2.26. The predicted octanol–water partition coefficient (Wildman–Crippen LogP) is 3.55. The average Bonchev–Trinajstić information content (AvgIpc) is 2.68. The number of carbonyl (C=O) groups excluding carboxylic acids is 1. The average molecular weight is 337 g/mol. The van der Waals surface area contributed by atoms with Gasteiger partial charge in [0.05, 0.1) is 6.04 Å². The summed E-state index contributed by atoms with van der Waals surface area (Å²) in [6, 6.07) is 13.9. The van der Waals surface area contributed by atoms with Gasteiger partial charge in [0, 0.05) is 18.8 Å². The monoisotopic (exact) mass is 337 g/mol. The summed E-state index contributed by atoms with van der Waals surface area (Å²) in [6.45, 7) is 3.40. The third kappa shape index (κ3) is 5.40. The number of hydrogen-bond acceptors (Lipinski definition) is 3. The molecular formula is C21H27N3O. The van der Waals surface area contributed by atoms with E-state index in [2.05, 4.69) is 27.3 Å².